The molecule has 1 aliphatic heterocycles. The molecule has 5 rings (SSSR count). The molecule has 1 aliphatic carbocycles. The summed E-state index contributed by atoms with van der Waals surface area (Å²) in [6, 6.07) is 30.5. The first-order valence-electron chi connectivity index (χ1n) is 15.7. The Balaban J connectivity index is 1.39. The van der Waals surface area contributed by atoms with Crippen LogP contribution in [0.4, 0.5) is 0 Å². The molecule has 6 nitrogen and oxygen atoms in total. The number of ether oxygens (including phenoxy) is 5. The van der Waals surface area contributed by atoms with Gasteiger partial charge in [-0.3, -0.25) is 0 Å². The van der Waals surface area contributed by atoms with Gasteiger partial charge in [0.1, 0.15) is 29.9 Å². The van der Waals surface area contributed by atoms with Crippen LogP contribution < -0.4 is 0 Å². The second kappa shape index (κ2) is 16.7. The highest BCUT2D eigenvalue weighted by Gasteiger charge is 2.49. The Morgan fingerprint density at radius 2 is 1.23 bits per heavy atom. The maximum Gasteiger partial charge on any atom is 0.132 e. The Kier molecular flexibility index (Phi) is 12.5. The van der Waals surface area contributed by atoms with E-state index in [-0.39, 0.29) is 18.1 Å². The van der Waals surface area contributed by atoms with Gasteiger partial charge in [-0.15, -0.1) is 11.8 Å². The Labute approximate surface area is 261 Å². The van der Waals surface area contributed by atoms with E-state index in [0.29, 0.717) is 26.4 Å². The molecule has 0 unspecified atom stereocenters. The molecule has 0 bridgehead atoms. The predicted molar refractivity (Wildman–Crippen MR) is 171 cm³/mol. The van der Waals surface area contributed by atoms with E-state index in [1.54, 1.807) is 11.8 Å². The lowest BCUT2D eigenvalue weighted by molar-refractivity contribution is -0.260. The third-order valence-corrected chi connectivity index (χ3v) is 9.26. The van der Waals surface area contributed by atoms with Gasteiger partial charge in [-0.2, -0.15) is 0 Å². The van der Waals surface area contributed by atoms with Crippen LogP contribution in [-0.2, 0) is 43.5 Å². The number of benzene rings is 3. The molecule has 0 spiro atoms. The highest BCUT2D eigenvalue weighted by Crippen LogP contribution is 2.37. The lowest BCUT2D eigenvalue weighted by atomic mass is 9.85. The lowest BCUT2D eigenvalue weighted by Crippen LogP contribution is -2.61. The number of thioether (sulfide) groups is 1. The molecular formula is C36H46O6S. The van der Waals surface area contributed by atoms with Gasteiger partial charge >= 0.3 is 0 Å². The molecule has 0 amide bonds. The van der Waals surface area contributed by atoms with Gasteiger partial charge < -0.3 is 28.8 Å². The van der Waals surface area contributed by atoms with E-state index in [9.17, 15) is 5.11 Å². The average Bonchev–Trinajstić information content (AvgIpc) is 3.04. The Hall–Kier alpha value is -2.23. The van der Waals surface area contributed by atoms with E-state index >= 15 is 0 Å². The molecule has 0 radical (unpaired) electrons. The molecule has 232 valence electrons. The first-order chi connectivity index (χ1) is 21.1. The fraction of sp³-hybridized carbons (Fsp3) is 0.500. The van der Waals surface area contributed by atoms with Crippen LogP contribution in [0.3, 0.4) is 0 Å². The number of hydrogen-bond donors (Lipinski definition) is 1. The number of aliphatic hydroxyl groups is 1. The van der Waals surface area contributed by atoms with Crippen LogP contribution in [0.25, 0.3) is 0 Å². The zero-order valence-electron chi connectivity index (χ0n) is 25.2. The predicted octanol–water partition coefficient (Wildman–Crippen LogP) is 6.93. The van der Waals surface area contributed by atoms with Crippen molar-refractivity contribution in [3.8, 4) is 0 Å². The fourth-order valence-corrected chi connectivity index (χ4v) is 6.86. The molecule has 43 heavy (non-hydrogen) atoms. The molecule has 1 saturated carbocycles. The van der Waals surface area contributed by atoms with Crippen molar-refractivity contribution in [2.24, 2.45) is 0 Å². The van der Waals surface area contributed by atoms with Crippen LogP contribution in [0.2, 0.25) is 0 Å². The highest BCUT2D eigenvalue weighted by molar-refractivity contribution is 7.99. The monoisotopic (exact) mass is 606 g/mol. The SMILES string of the molecule is CCS[C@H]1O[C@H](COCc2ccccc2)[C@@H](OCc2ccccc2)[C@H](OCc2ccccc2)[C@@H]1OCC1(O)CCCCC1. The summed E-state index contributed by atoms with van der Waals surface area (Å²) in [5.41, 5.74) is 2.15. The van der Waals surface area contributed by atoms with E-state index < -0.39 is 23.9 Å². The van der Waals surface area contributed by atoms with Crippen LogP contribution in [-0.4, -0.2) is 59.5 Å². The molecule has 1 saturated heterocycles. The van der Waals surface area contributed by atoms with Crippen molar-refractivity contribution in [2.75, 3.05) is 19.0 Å². The molecule has 0 aromatic heterocycles. The van der Waals surface area contributed by atoms with E-state index in [0.717, 1.165) is 54.5 Å². The van der Waals surface area contributed by atoms with Crippen LogP contribution in [0.5, 0.6) is 0 Å². The average molecular weight is 607 g/mol. The van der Waals surface area contributed by atoms with Crippen molar-refractivity contribution < 1.29 is 28.8 Å². The van der Waals surface area contributed by atoms with Gasteiger partial charge in [-0.1, -0.05) is 117 Å². The third-order valence-electron chi connectivity index (χ3n) is 8.22. The molecule has 7 heteroatoms. The minimum absolute atomic E-state index is 0.258. The normalized spacial score (nSPS) is 25.4. The zero-order chi connectivity index (χ0) is 29.7. The smallest absolute Gasteiger partial charge is 0.132 e. The van der Waals surface area contributed by atoms with Crippen molar-refractivity contribution in [3.05, 3.63) is 108 Å². The molecule has 3 aromatic carbocycles. The van der Waals surface area contributed by atoms with Crippen molar-refractivity contribution in [1.29, 1.82) is 0 Å². The van der Waals surface area contributed by atoms with Crippen molar-refractivity contribution >= 4 is 11.8 Å². The maximum atomic E-state index is 11.3. The summed E-state index contributed by atoms with van der Waals surface area (Å²) in [5, 5.41) is 11.3. The van der Waals surface area contributed by atoms with E-state index in [1.165, 1.54) is 0 Å². The second-order valence-corrected chi connectivity index (χ2v) is 13.0. The minimum atomic E-state index is -0.820. The van der Waals surface area contributed by atoms with E-state index in [2.05, 4.69) is 43.3 Å². The van der Waals surface area contributed by atoms with E-state index in [4.69, 9.17) is 23.7 Å². The summed E-state index contributed by atoms with van der Waals surface area (Å²) >= 11 is 1.70. The Bertz CT molecular complexity index is 1170. The third kappa shape index (κ3) is 9.63. The van der Waals surface area contributed by atoms with Crippen LogP contribution >= 0.6 is 11.8 Å². The molecule has 3 aromatic rings. The summed E-state index contributed by atoms with van der Waals surface area (Å²) in [6.07, 6.45) is 3.04. The summed E-state index contributed by atoms with van der Waals surface area (Å²) < 4.78 is 33.1. The van der Waals surface area contributed by atoms with Gasteiger partial charge in [0.05, 0.1) is 38.6 Å². The maximum absolute atomic E-state index is 11.3. The number of hydrogen-bond acceptors (Lipinski definition) is 7. The highest BCUT2D eigenvalue weighted by atomic mass is 32.2. The molecule has 1 heterocycles. The van der Waals surface area contributed by atoms with Crippen LogP contribution in [0.15, 0.2) is 91.0 Å². The summed E-state index contributed by atoms with van der Waals surface area (Å²) in [6.45, 7) is 4.06. The number of rotatable bonds is 15. The lowest BCUT2D eigenvalue weighted by Gasteiger charge is -2.47. The summed E-state index contributed by atoms with van der Waals surface area (Å²) in [7, 11) is 0. The van der Waals surface area contributed by atoms with Crippen LogP contribution in [0, 0.1) is 0 Å². The topological polar surface area (TPSA) is 66.4 Å². The molecule has 5 atom stereocenters. The standard InChI is InChI=1S/C36H46O6S/c1-2-43-35-34(41-27-36(37)21-13-6-14-22-36)33(40-25-30-19-11-5-12-20-30)32(39-24-29-17-9-4-10-18-29)31(42-35)26-38-23-28-15-7-3-8-16-28/h3-5,7-12,15-20,31-35,37H,2,6,13-14,21-27H2,1H3/t31-,32-,33+,34+,35-/m1/s1. The van der Waals surface area contributed by atoms with Gasteiger partial charge in [0, 0.05) is 0 Å². The van der Waals surface area contributed by atoms with Gasteiger partial charge in [-0.05, 0) is 35.3 Å². The van der Waals surface area contributed by atoms with Gasteiger partial charge in [0.15, 0.2) is 0 Å². The first-order valence-corrected chi connectivity index (χ1v) is 16.7. The molecule has 1 N–H and O–H groups in total. The molecule has 2 aliphatic rings. The van der Waals surface area contributed by atoms with Crippen LogP contribution in [0.1, 0.15) is 55.7 Å². The largest absolute Gasteiger partial charge is 0.387 e. The van der Waals surface area contributed by atoms with Gasteiger partial charge in [-0.25, -0.2) is 0 Å². The van der Waals surface area contributed by atoms with Gasteiger partial charge in [0.25, 0.3) is 0 Å². The van der Waals surface area contributed by atoms with Crippen molar-refractivity contribution in [3.63, 3.8) is 0 Å². The molecular weight excluding hydrogens is 560 g/mol. The zero-order valence-corrected chi connectivity index (χ0v) is 26.0. The fourth-order valence-electron chi connectivity index (χ4n) is 5.88. The quantitative estimate of drug-likeness (QED) is 0.201. The minimum Gasteiger partial charge on any atom is -0.387 e. The Morgan fingerprint density at radius 1 is 0.698 bits per heavy atom. The second-order valence-electron chi connectivity index (χ2n) is 11.6. The summed E-state index contributed by atoms with van der Waals surface area (Å²) in [5.74, 6) is 0.854. The van der Waals surface area contributed by atoms with E-state index in [1.807, 2.05) is 54.6 Å². The van der Waals surface area contributed by atoms with Crippen molar-refractivity contribution in [2.45, 2.75) is 94.3 Å². The Morgan fingerprint density at radius 3 is 1.79 bits per heavy atom. The first kappa shape index (κ1) is 32.2. The summed E-state index contributed by atoms with van der Waals surface area (Å²) in [4.78, 5) is 0. The van der Waals surface area contributed by atoms with Gasteiger partial charge in [0.2, 0.25) is 0 Å². The molecule has 2 fully saturated rings. The van der Waals surface area contributed by atoms with Crippen molar-refractivity contribution in [1.82, 2.24) is 0 Å².